The Bertz CT molecular complexity index is 637. The van der Waals surface area contributed by atoms with E-state index in [1.165, 1.54) is 0 Å². The third-order valence-corrected chi connectivity index (χ3v) is 6.01. The number of morpholine rings is 1. The molecule has 23 heavy (non-hydrogen) atoms. The predicted molar refractivity (Wildman–Crippen MR) is 92.8 cm³/mol. The molecule has 5 heteroatoms. The van der Waals surface area contributed by atoms with Crippen LogP contribution in [-0.2, 0) is 14.8 Å². The Balaban J connectivity index is 2.26. The molecule has 1 aliphatic rings. The molecule has 1 saturated heterocycles. The minimum Gasteiger partial charge on any atom is -0.375 e. The fourth-order valence-electron chi connectivity index (χ4n) is 2.73. The Morgan fingerprint density at radius 1 is 1.26 bits per heavy atom. The van der Waals surface area contributed by atoms with Gasteiger partial charge in [0.1, 0.15) is 0 Å². The van der Waals surface area contributed by atoms with Gasteiger partial charge in [0, 0.05) is 6.54 Å². The maximum Gasteiger partial charge on any atom is 0.243 e. The highest BCUT2D eigenvalue weighted by Crippen LogP contribution is 2.26. The number of sulfonamides is 1. The zero-order valence-electron chi connectivity index (χ0n) is 13.6. The lowest BCUT2D eigenvalue weighted by atomic mass is 10.1. The number of benzene rings is 1. The van der Waals surface area contributed by atoms with Crippen LogP contribution in [0.4, 0.5) is 0 Å². The van der Waals surface area contributed by atoms with Gasteiger partial charge in [-0.05, 0) is 38.3 Å². The molecule has 0 spiro atoms. The van der Waals surface area contributed by atoms with E-state index in [4.69, 9.17) is 4.74 Å². The number of ether oxygens (including phenoxy) is 1. The van der Waals surface area contributed by atoms with Crippen molar-refractivity contribution in [1.82, 2.24) is 4.31 Å². The van der Waals surface area contributed by atoms with E-state index in [2.05, 4.69) is 13.2 Å². The van der Waals surface area contributed by atoms with E-state index in [0.29, 0.717) is 24.5 Å². The van der Waals surface area contributed by atoms with Gasteiger partial charge in [-0.3, -0.25) is 0 Å². The number of hydrogen-bond acceptors (Lipinski definition) is 3. The molecule has 2 atom stereocenters. The average molecular weight is 335 g/mol. The van der Waals surface area contributed by atoms with Gasteiger partial charge in [0.25, 0.3) is 0 Å². The molecule has 4 nitrogen and oxygen atoms in total. The molecule has 1 aliphatic heterocycles. The van der Waals surface area contributed by atoms with E-state index in [-0.39, 0.29) is 12.1 Å². The van der Waals surface area contributed by atoms with Gasteiger partial charge < -0.3 is 4.74 Å². The van der Waals surface area contributed by atoms with Crippen LogP contribution >= 0.6 is 0 Å². The first kappa shape index (κ1) is 17.9. The molecule has 2 rings (SSSR count). The minimum atomic E-state index is -3.53. The normalized spacial score (nSPS) is 22.7. The molecule has 1 fully saturated rings. The van der Waals surface area contributed by atoms with Gasteiger partial charge in [-0.1, -0.05) is 29.8 Å². The van der Waals surface area contributed by atoms with E-state index in [0.717, 1.165) is 18.4 Å². The summed E-state index contributed by atoms with van der Waals surface area (Å²) in [6.07, 6.45) is 5.67. The zero-order chi connectivity index (χ0) is 16.9. The van der Waals surface area contributed by atoms with Gasteiger partial charge in [-0.2, -0.15) is 4.31 Å². The molecule has 126 valence electrons. The largest absolute Gasteiger partial charge is 0.375 e. The molecular weight excluding hydrogens is 310 g/mol. The van der Waals surface area contributed by atoms with Crippen LogP contribution in [0.15, 0.2) is 54.5 Å². The standard InChI is InChI=1S/C18H25NO3S/c1-4-6-8-17-13-19(16(7-5-2)14-22-17)23(20,21)18-11-9-15(3)10-12-18/h4-5,9-12,16-17H,1-2,6-8,13-14H2,3H3/t16-,17-/m0/s1. The first-order chi connectivity index (χ1) is 11.0. The van der Waals surface area contributed by atoms with Crippen LogP contribution in [-0.4, -0.2) is 38.0 Å². The predicted octanol–water partition coefficient (Wildman–Crippen LogP) is 3.30. The third kappa shape index (κ3) is 4.31. The van der Waals surface area contributed by atoms with Gasteiger partial charge in [-0.15, -0.1) is 13.2 Å². The number of rotatable bonds is 7. The van der Waals surface area contributed by atoms with E-state index >= 15 is 0 Å². The number of hydrogen-bond donors (Lipinski definition) is 0. The van der Waals surface area contributed by atoms with Crippen LogP contribution < -0.4 is 0 Å². The van der Waals surface area contributed by atoms with Crippen LogP contribution in [0.1, 0.15) is 24.8 Å². The van der Waals surface area contributed by atoms with Gasteiger partial charge in [-0.25, -0.2) is 8.42 Å². The molecular formula is C18H25NO3S. The van der Waals surface area contributed by atoms with Crippen molar-refractivity contribution < 1.29 is 13.2 Å². The SMILES string of the molecule is C=CCC[C@H]1CN(S(=O)(=O)c2ccc(C)cc2)[C@@H](CC=C)CO1. The molecule has 1 heterocycles. The first-order valence-electron chi connectivity index (χ1n) is 7.91. The summed E-state index contributed by atoms with van der Waals surface area (Å²) in [6.45, 7) is 10.2. The van der Waals surface area contributed by atoms with Crippen molar-refractivity contribution in [1.29, 1.82) is 0 Å². The van der Waals surface area contributed by atoms with E-state index in [1.54, 1.807) is 22.5 Å². The quantitative estimate of drug-likeness (QED) is 0.718. The summed E-state index contributed by atoms with van der Waals surface area (Å²) in [6, 6.07) is 6.79. The Kier molecular flexibility index (Phi) is 6.16. The van der Waals surface area contributed by atoms with Gasteiger partial charge in [0.05, 0.1) is 23.6 Å². The minimum absolute atomic E-state index is 0.0886. The maximum atomic E-state index is 13.0. The van der Waals surface area contributed by atoms with Crippen molar-refractivity contribution >= 4 is 10.0 Å². The third-order valence-electron chi connectivity index (χ3n) is 4.07. The first-order valence-corrected chi connectivity index (χ1v) is 9.35. The molecule has 0 radical (unpaired) electrons. The fraction of sp³-hybridized carbons (Fsp3) is 0.444. The second-order valence-electron chi connectivity index (χ2n) is 5.89. The summed E-state index contributed by atoms with van der Waals surface area (Å²) in [7, 11) is -3.53. The summed E-state index contributed by atoms with van der Waals surface area (Å²) in [4.78, 5) is 0.335. The van der Waals surface area contributed by atoms with Crippen LogP contribution in [0.2, 0.25) is 0 Å². The molecule has 0 amide bonds. The summed E-state index contributed by atoms with van der Waals surface area (Å²) in [5.41, 5.74) is 1.04. The Hall–Kier alpha value is -1.43. The molecule has 0 unspecified atom stereocenters. The average Bonchev–Trinajstić information content (AvgIpc) is 2.54. The highest BCUT2D eigenvalue weighted by molar-refractivity contribution is 7.89. The van der Waals surface area contributed by atoms with Crippen molar-refractivity contribution in [2.24, 2.45) is 0 Å². The van der Waals surface area contributed by atoms with Crippen LogP contribution in [0.3, 0.4) is 0 Å². The molecule has 0 aromatic heterocycles. The second-order valence-corrected chi connectivity index (χ2v) is 7.78. The highest BCUT2D eigenvalue weighted by Gasteiger charge is 2.36. The summed E-state index contributed by atoms with van der Waals surface area (Å²) >= 11 is 0. The zero-order valence-corrected chi connectivity index (χ0v) is 14.5. The van der Waals surface area contributed by atoms with Crippen LogP contribution in [0.5, 0.6) is 0 Å². The summed E-state index contributed by atoms with van der Waals surface area (Å²) in [5, 5.41) is 0. The lowest BCUT2D eigenvalue weighted by Crippen LogP contribution is -2.51. The molecule has 1 aromatic carbocycles. The van der Waals surface area contributed by atoms with E-state index < -0.39 is 10.0 Å². The van der Waals surface area contributed by atoms with Gasteiger partial charge in [0.15, 0.2) is 0 Å². The van der Waals surface area contributed by atoms with Crippen molar-refractivity contribution in [3.8, 4) is 0 Å². The number of nitrogens with zero attached hydrogens (tertiary/aromatic N) is 1. The topological polar surface area (TPSA) is 46.6 Å². The molecule has 0 aliphatic carbocycles. The Labute approximate surface area is 139 Å². The van der Waals surface area contributed by atoms with Crippen molar-refractivity contribution in [3.05, 3.63) is 55.1 Å². The van der Waals surface area contributed by atoms with Crippen LogP contribution in [0, 0.1) is 6.92 Å². The smallest absolute Gasteiger partial charge is 0.243 e. The lowest BCUT2D eigenvalue weighted by Gasteiger charge is -2.38. The van der Waals surface area contributed by atoms with E-state index in [9.17, 15) is 8.42 Å². The van der Waals surface area contributed by atoms with Gasteiger partial charge in [0.2, 0.25) is 10.0 Å². The second kappa shape index (κ2) is 7.90. The monoisotopic (exact) mass is 335 g/mol. The Morgan fingerprint density at radius 2 is 1.96 bits per heavy atom. The molecule has 0 bridgehead atoms. The molecule has 0 N–H and O–H groups in total. The fourth-order valence-corrected chi connectivity index (χ4v) is 4.38. The lowest BCUT2D eigenvalue weighted by molar-refractivity contribution is -0.0342. The highest BCUT2D eigenvalue weighted by atomic mass is 32.2. The maximum absolute atomic E-state index is 13.0. The van der Waals surface area contributed by atoms with Crippen molar-refractivity contribution in [2.75, 3.05) is 13.2 Å². The van der Waals surface area contributed by atoms with Crippen molar-refractivity contribution in [3.63, 3.8) is 0 Å². The summed E-state index contributed by atoms with van der Waals surface area (Å²) < 4.78 is 33.4. The molecule has 0 saturated carbocycles. The number of allylic oxidation sites excluding steroid dienone is 1. The van der Waals surface area contributed by atoms with Crippen LogP contribution in [0.25, 0.3) is 0 Å². The van der Waals surface area contributed by atoms with Crippen molar-refractivity contribution in [2.45, 2.75) is 43.2 Å². The number of aryl methyl sites for hydroxylation is 1. The molecule has 1 aromatic rings. The van der Waals surface area contributed by atoms with Gasteiger partial charge >= 0.3 is 0 Å². The Morgan fingerprint density at radius 3 is 2.57 bits per heavy atom. The van der Waals surface area contributed by atoms with E-state index in [1.807, 2.05) is 25.1 Å². The summed E-state index contributed by atoms with van der Waals surface area (Å²) in [5.74, 6) is 0.